The van der Waals surface area contributed by atoms with Gasteiger partial charge in [-0.2, -0.15) is 0 Å². The summed E-state index contributed by atoms with van der Waals surface area (Å²) in [6, 6.07) is 1.74. The third-order valence-electron chi connectivity index (χ3n) is 2.64. The Labute approximate surface area is 92.3 Å². The van der Waals surface area contributed by atoms with Gasteiger partial charge in [-0.05, 0) is 30.8 Å². The van der Waals surface area contributed by atoms with Crippen molar-refractivity contribution in [3.63, 3.8) is 0 Å². The van der Waals surface area contributed by atoms with Crippen molar-refractivity contribution >= 4 is 22.9 Å². The molecule has 2 rings (SSSR count). The molecule has 1 fully saturated rings. The van der Waals surface area contributed by atoms with Gasteiger partial charge in [0.25, 0.3) is 0 Å². The molecular weight excluding hydrogens is 221 g/mol. The van der Waals surface area contributed by atoms with Crippen molar-refractivity contribution in [2.24, 2.45) is 0 Å². The predicted molar refractivity (Wildman–Crippen MR) is 58.8 cm³/mol. The lowest BCUT2D eigenvalue weighted by Gasteiger charge is -2.26. The van der Waals surface area contributed by atoms with Gasteiger partial charge in [-0.3, -0.25) is 0 Å². The SMILES string of the molecule is FC(c1ccsc1Cl)C1CCCCN1. The Balaban J connectivity index is 2.07. The second-order valence-electron chi connectivity index (χ2n) is 3.61. The van der Waals surface area contributed by atoms with E-state index in [1.165, 1.54) is 11.3 Å². The Morgan fingerprint density at radius 1 is 1.57 bits per heavy atom. The van der Waals surface area contributed by atoms with Crippen LogP contribution in [0.25, 0.3) is 0 Å². The maximum Gasteiger partial charge on any atom is 0.143 e. The maximum atomic E-state index is 14.0. The second-order valence-corrected chi connectivity index (χ2v) is 5.13. The minimum Gasteiger partial charge on any atom is -0.311 e. The van der Waals surface area contributed by atoms with Crippen LogP contribution >= 0.6 is 22.9 Å². The molecule has 1 nitrogen and oxygen atoms in total. The predicted octanol–water partition coefficient (Wildman–Crippen LogP) is 3.55. The lowest BCUT2D eigenvalue weighted by molar-refractivity contribution is 0.222. The zero-order valence-corrected chi connectivity index (χ0v) is 9.37. The molecule has 2 heterocycles. The summed E-state index contributed by atoms with van der Waals surface area (Å²) in [7, 11) is 0. The average molecular weight is 234 g/mol. The molecule has 1 aliphatic heterocycles. The molecule has 4 heteroatoms. The highest BCUT2D eigenvalue weighted by molar-refractivity contribution is 7.14. The number of hydrogen-bond donors (Lipinski definition) is 1. The quantitative estimate of drug-likeness (QED) is 0.824. The van der Waals surface area contributed by atoms with Crippen LogP contribution in [0.3, 0.4) is 0 Å². The zero-order valence-electron chi connectivity index (χ0n) is 7.80. The monoisotopic (exact) mass is 233 g/mol. The van der Waals surface area contributed by atoms with Gasteiger partial charge in [0.05, 0.1) is 4.34 Å². The van der Waals surface area contributed by atoms with Crippen molar-refractivity contribution in [3.8, 4) is 0 Å². The van der Waals surface area contributed by atoms with Crippen LogP contribution in [0.5, 0.6) is 0 Å². The molecule has 1 aliphatic rings. The largest absolute Gasteiger partial charge is 0.311 e. The van der Waals surface area contributed by atoms with Gasteiger partial charge in [-0.1, -0.05) is 18.0 Å². The minimum atomic E-state index is -0.950. The van der Waals surface area contributed by atoms with E-state index in [0.29, 0.717) is 9.90 Å². The fraction of sp³-hybridized carbons (Fsp3) is 0.600. The first-order chi connectivity index (χ1) is 6.79. The molecule has 78 valence electrons. The Bertz CT molecular complexity index is 296. The van der Waals surface area contributed by atoms with Crippen molar-refractivity contribution in [2.75, 3.05) is 6.54 Å². The number of hydrogen-bond acceptors (Lipinski definition) is 2. The van der Waals surface area contributed by atoms with E-state index in [0.717, 1.165) is 25.8 Å². The molecule has 1 aromatic heterocycles. The number of piperidine rings is 1. The number of alkyl halides is 1. The number of rotatable bonds is 2. The van der Waals surface area contributed by atoms with E-state index < -0.39 is 6.17 Å². The summed E-state index contributed by atoms with van der Waals surface area (Å²) in [5.74, 6) is 0. The van der Waals surface area contributed by atoms with E-state index in [2.05, 4.69) is 5.32 Å². The molecule has 0 aromatic carbocycles. The second kappa shape index (κ2) is 4.60. The van der Waals surface area contributed by atoms with Gasteiger partial charge < -0.3 is 5.32 Å². The first-order valence-corrected chi connectivity index (χ1v) is 6.15. The van der Waals surface area contributed by atoms with Crippen molar-refractivity contribution in [2.45, 2.75) is 31.5 Å². The Morgan fingerprint density at radius 3 is 3.00 bits per heavy atom. The van der Waals surface area contributed by atoms with Gasteiger partial charge in [-0.25, -0.2) is 4.39 Å². The molecule has 0 bridgehead atoms. The van der Waals surface area contributed by atoms with Gasteiger partial charge in [0.2, 0.25) is 0 Å². The molecule has 1 aromatic rings. The van der Waals surface area contributed by atoms with Crippen molar-refractivity contribution < 1.29 is 4.39 Å². The summed E-state index contributed by atoms with van der Waals surface area (Å²) < 4.78 is 14.6. The molecule has 0 aliphatic carbocycles. The van der Waals surface area contributed by atoms with Crippen LogP contribution in [0.4, 0.5) is 4.39 Å². The summed E-state index contributed by atoms with van der Waals surface area (Å²) >= 11 is 7.30. The lowest BCUT2D eigenvalue weighted by Crippen LogP contribution is -2.37. The summed E-state index contributed by atoms with van der Waals surface area (Å²) in [6.07, 6.45) is 2.22. The molecule has 1 saturated heterocycles. The maximum absolute atomic E-state index is 14.0. The molecule has 1 N–H and O–H groups in total. The highest BCUT2D eigenvalue weighted by atomic mass is 35.5. The van der Waals surface area contributed by atoms with E-state index >= 15 is 0 Å². The summed E-state index contributed by atoms with van der Waals surface area (Å²) in [4.78, 5) is 0. The third kappa shape index (κ3) is 2.10. The smallest absolute Gasteiger partial charge is 0.143 e. The van der Waals surface area contributed by atoms with Gasteiger partial charge in [-0.15, -0.1) is 11.3 Å². The normalized spacial score (nSPS) is 24.9. The molecule has 2 atom stereocenters. The summed E-state index contributed by atoms with van der Waals surface area (Å²) in [5, 5.41) is 5.05. The Kier molecular flexibility index (Phi) is 3.42. The number of nitrogens with one attached hydrogen (secondary N) is 1. The summed E-state index contributed by atoms with van der Waals surface area (Å²) in [6.45, 7) is 0.923. The van der Waals surface area contributed by atoms with Gasteiger partial charge in [0, 0.05) is 11.6 Å². The average Bonchev–Trinajstić information content (AvgIpc) is 2.65. The first-order valence-electron chi connectivity index (χ1n) is 4.89. The molecule has 0 amide bonds. The number of thiophene rings is 1. The van der Waals surface area contributed by atoms with Crippen LogP contribution in [0.15, 0.2) is 11.4 Å². The van der Waals surface area contributed by atoms with E-state index in [1.54, 1.807) is 6.07 Å². The van der Waals surface area contributed by atoms with Crippen molar-refractivity contribution in [3.05, 3.63) is 21.3 Å². The zero-order chi connectivity index (χ0) is 9.97. The van der Waals surface area contributed by atoms with Crippen LogP contribution in [0, 0.1) is 0 Å². The third-order valence-corrected chi connectivity index (χ3v) is 3.85. The Hall–Kier alpha value is -0.120. The molecule has 0 saturated carbocycles. The molecule has 0 radical (unpaired) electrons. The van der Waals surface area contributed by atoms with Gasteiger partial charge >= 0.3 is 0 Å². The van der Waals surface area contributed by atoms with E-state index in [1.807, 2.05) is 5.38 Å². The van der Waals surface area contributed by atoms with E-state index in [9.17, 15) is 4.39 Å². The van der Waals surface area contributed by atoms with E-state index in [-0.39, 0.29) is 6.04 Å². The van der Waals surface area contributed by atoms with E-state index in [4.69, 9.17) is 11.6 Å². The molecule has 2 unspecified atom stereocenters. The van der Waals surface area contributed by atoms with Crippen LogP contribution in [-0.2, 0) is 0 Å². The minimum absolute atomic E-state index is 0.0455. The van der Waals surface area contributed by atoms with Crippen LogP contribution in [0.1, 0.15) is 31.0 Å². The lowest BCUT2D eigenvalue weighted by atomic mass is 9.97. The van der Waals surface area contributed by atoms with Gasteiger partial charge in [0.15, 0.2) is 0 Å². The highest BCUT2D eigenvalue weighted by Gasteiger charge is 2.26. The molecule has 14 heavy (non-hydrogen) atoms. The van der Waals surface area contributed by atoms with Crippen LogP contribution in [-0.4, -0.2) is 12.6 Å². The van der Waals surface area contributed by atoms with Crippen LogP contribution < -0.4 is 5.32 Å². The fourth-order valence-corrected chi connectivity index (χ4v) is 2.82. The summed E-state index contributed by atoms with van der Waals surface area (Å²) in [5.41, 5.74) is 0.649. The highest BCUT2D eigenvalue weighted by Crippen LogP contribution is 2.34. The van der Waals surface area contributed by atoms with Crippen molar-refractivity contribution in [1.82, 2.24) is 5.32 Å². The van der Waals surface area contributed by atoms with Gasteiger partial charge in [0.1, 0.15) is 6.17 Å². The topological polar surface area (TPSA) is 12.0 Å². The van der Waals surface area contributed by atoms with Crippen LogP contribution in [0.2, 0.25) is 4.34 Å². The fourth-order valence-electron chi connectivity index (χ4n) is 1.85. The molecular formula is C10H13ClFNS. The Morgan fingerprint density at radius 2 is 2.43 bits per heavy atom. The first kappa shape index (κ1) is 10.4. The molecule has 0 spiro atoms. The standard InChI is InChI=1S/C10H13ClFNS/c11-10-7(4-6-14-10)9(12)8-3-1-2-5-13-8/h4,6,8-9,13H,1-3,5H2. The van der Waals surface area contributed by atoms with Crippen molar-refractivity contribution in [1.29, 1.82) is 0 Å². The number of halogens is 2.